The fourth-order valence-electron chi connectivity index (χ4n) is 0.359. The van der Waals surface area contributed by atoms with Gasteiger partial charge in [0.1, 0.15) is 12.5 Å². The molecule has 0 saturated carbocycles. The first-order valence-corrected chi connectivity index (χ1v) is 3.44. The molecule has 0 fully saturated rings. The summed E-state index contributed by atoms with van der Waals surface area (Å²) in [5.41, 5.74) is 0. The molecule has 0 unspecified atom stereocenters. The van der Waals surface area contributed by atoms with Crippen LogP contribution in [-0.4, -0.2) is 38.0 Å². The third-order valence-electron chi connectivity index (χ3n) is 0.875. The number of hydrogen-bond donors (Lipinski definition) is 0. The molecule has 0 aromatic rings. The van der Waals surface area contributed by atoms with Crippen LogP contribution in [0.2, 0.25) is 0 Å². The molecule has 0 saturated heterocycles. The third-order valence-corrected chi connectivity index (χ3v) is 0.875. The van der Waals surface area contributed by atoms with Crippen LogP contribution in [0.4, 0.5) is 0 Å². The van der Waals surface area contributed by atoms with E-state index in [2.05, 4.69) is 0 Å². The van der Waals surface area contributed by atoms with Crippen LogP contribution in [0.5, 0.6) is 0 Å². The molecule has 0 bridgehead atoms. The lowest BCUT2D eigenvalue weighted by atomic mass is 10.8. The molecular formula is C8H16N2O. The van der Waals surface area contributed by atoms with Crippen molar-refractivity contribution in [1.29, 1.82) is 0 Å². The van der Waals surface area contributed by atoms with Crippen LogP contribution >= 0.6 is 0 Å². The molecule has 11 heavy (non-hydrogen) atoms. The summed E-state index contributed by atoms with van der Waals surface area (Å²) in [7, 11) is 7.76. The van der Waals surface area contributed by atoms with E-state index in [1.807, 2.05) is 50.4 Å². The average molecular weight is 156 g/mol. The van der Waals surface area contributed by atoms with Crippen molar-refractivity contribution < 1.29 is 4.74 Å². The summed E-state index contributed by atoms with van der Waals surface area (Å²) in [4.78, 5) is 3.81. The zero-order valence-electron chi connectivity index (χ0n) is 7.61. The van der Waals surface area contributed by atoms with Gasteiger partial charge in [-0.05, 0) is 0 Å². The fraction of sp³-hybridized carbons (Fsp3) is 0.500. The maximum absolute atomic E-state index is 5.01. The number of hydrogen-bond acceptors (Lipinski definition) is 3. The van der Waals surface area contributed by atoms with E-state index < -0.39 is 0 Å². The molecule has 0 heterocycles. The lowest BCUT2D eigenvalue weighted by molar-refractivity contribution is 0.375. The molecule has 0 rings (SSSR count). The standard InChI is InChI=1S/C8H16N2O/c1-9(2)5-7-11-8-6-10(3)4/h5-8H,1-4H3. The minimum absolute atomic E-state index is 1.62. The molecule has 0 aromatic heterocycles. The van der Waals surface area contributed by atoms with Crippen molar-refractivity contribution in [3.63, 3.8) is 0 Å². The molecule has 0 radical (unpaired) electrons. The molecule has 0 aliphatic carbocycles. The highest BCUT2D eigenvalue weighted by Gasteiger charge is 1.75. The Kier molecular flexibility index (Phi) is 5.07. The second-order valence-electron chi connectivity index (χ2n) is 2.63. The van der Waals surface area contributed by atoms with Crippen LogP contribution in [0.25, 0.3) is 0 Å². The van der Waals surface area contributed by atoms with Crippen LogP contribution < -0.4 is 0 Å². The summed E-state index contributed by atoms with van der Waals surface area (Å²) in [6.07, 6.45) is 6.92. The van der Waals surface area contributed by atoms with E-state index in [4.69, 9.17) is 4.74 Å². The summed E-state index contributed by atoms with van der Waals surface area (Å²) in [5, 5.41) is 0. The molecular weight excluding hydrogens is 140 g/mol. The quantitative estimate of drug-likeness (QED) is 0.566. The molecule has 0 aromatic carbocycles. The summed E-state index contributed by atoms with van der Waals surface area (Å²) < 4.78 is 5.01. The molecule has 0 spiro atoms. The van der Waals surface area contributed by atoms with Crippen LogP contribution in [0.15, 0.2) is 24.9 Å². The predicted molar refractivity (Wildman–Crippen MR) is 46.7 cm³/mol. The summed E-state index contributed by atoms with van der Waals surface area (Å²) >= 11 is 0. The van der Waals surface area contributed by atoms with Crippen molar-refractivity contribution in [3.05, 3.63) is 24.9 Å². The van der Waals surface area contributed by atoms with Crippen molar-refractivity contribution in [2.75, 3.05) is 28.2 Å². The van der Waals surface area contributed by atoms with Crippen molar-refractivity contribution >= 4 is 0 Å². The lowest BCUT2D eigenvalue weighted by Crippen LogP contribution is -2.01. The third kappa shape index (κ3) is 8.88. The van der Waals surface area contributed by atoms with E-state index in [-0.39, 0.29) is 0 Å². The van der Waals surface area contributed by atoms with Gasteiger partial charge in [0, 0.05) is 40.6 Å². The number of rotatable bonds is 4. The average Bonchev–Trinajstić information content (AvgIpc) is 1.85. The molecule has 0 aliphatic rings. The van der Waals surface area contributed by atoms with Gasteiger partial charge in [0.25, 0.3) is 0 Å². The SMILES string of the molecule is CN(C)C=COC=CN(C)C. The van der Waals surface area contributed by atoms with E-state index in [9.17, 15) is 0 Å². The molecule has 3 nitrogen and oxygen atoms in total. The van der Waals surface area contributed by atoms with Crippen molar-refractivity contribution in [2.24, 2.45) is 0 Å². The number of nitrogens with zero attached hydrogens (tertiary/aromatic N) is 2. The van der Waals surface area contributed by atoms with Crippen molar-refractivity contribution in [1.82, 2.24) is 9.80 Å². The Labute approximate surface area is 68.5 Å². The minimum atomic E-state index is 1.62. The molecule has 0 atom stereocenters. The second-order valence-corrected chi connectivity index (χ2v) is 2.63. The normalized spacial score (nSPS) is 10.9. The Morgan fingerprint density at radius 1 is 0.818 bits per heavy atom. The largest absolute Gasteiger partial charge is 0.470 e. The van der Waals surface area contributed by atoms with Gasteiger partial charge in [-0.3, -0.25) is 0 Å². The smallest absolute Gasteiger partial charge is 0.106 e. The fourth-order valence-corrected chi connectivity index (χ4v) is 0.359. The van der Waals surface area contributed by atoms with E-state index >= 15 is 0 Å². The first kappa shape index (κ1) is 9.88. The van der Waals surface area contributed by atoms with Crippen molar-refractivity contribution in [2.45, 2.75) is 0 Å². The Morgan fingerprint density at radius 3 is 1.45 bits per heavy atom. The van der Waals surface area contributed by atoms with Crippen LogP contribution in [0, 0.1) is 0 Å². The van der Waals surface area contributed by atoms with E-state index in [1.54, 1.807) is 12.5 Å². The van der Waals surface area contributed by atoms with Crippen LogP contribution in [0.3, 0.4) is 0 Å². The first-order valence-electron chi connectivity index (χ1n) is 3.44. The Balaban J connectivity index is 3.41. The van der Waals surface area contributed by atoms with Crippen molar-refractivity contribution in [3.8, 4) is 0 Å². The van der Waals surface area contributed by atoms with E-state index in [0.29, 0.717) is 0 Å². The lowest BCUT2D eigenvalue weighted by Gasteiger charge is -2.03. The van der Waals surface area contributed by atoms with Gasteiger partial charge in [0.2, 0.25) is 0 Å². The topological polar surface area (TPSA) is 15.7 Å². The first-order chi connectivity index (χ1) is 5.13. The Hall–Kier alpha value is -1.12. The highest BCUT2D eigenvalue weighted by atomic mass is 16.5. The summed E-state index contributed by atoms with van der Waals surface area (Å²) in [6.45, 7) is 0. The molecule has 0 amide bonds. The van der Waals surface area contributed by atoms with Gasteiger partial charge in [-0.15, -0.1) is 0 Å². The van der Waals surface area contributed by atoms with Gasteiger partial charge in [-0.25, -0.2) is 0 Å². The van der Waals surface area contributed by atoms with Gasteiger partial charge >= 0.3 is 0 Å². The van der Waals surface area contributed by atoms with Gasteiger partial charge in [-0.1, -0.05) is 0 Å². The van der Waals surface area contributed by atoms with Gasteiger partial charge in [0.15, 0.2) is 0 Å². The molecule has 3 heteroatoms. The number of ether oxygens (including phenoxy) is 1. The van der Waals surface area contributed by atoms with Crippen LogP contribution in [0.1, 0.15) is 0 Å². The maximum Gasteiger partial charge on any atom is 0.106 e. The summed E-state index contributed by atoms with van der Waals surface area (Å²) in [6, 6.07) is 0. The minimum Gasteiger partial charge on any atom is -0.470 e. The highest BCUT2D eigenvalue weighted by molar-refractivity contribution is 4.76. The van der Waals surface area contributed by atoms with Crippen LogP contribution in [-0.2, 0) is 4.74 Å². The monoisotopic (exact) mass is 156 g/mol. The van der Waals surface area contributed by atoms with E-state index in [0.717, 1.165) is 0 Å². The van der Waals surface area contributed by atoms with Gasteiger partial charge in [0.05, 0.1) is 0 Å². The molecule has 0 N–H and O–H groups in total. The zero-order chi connectivity index (χ0) is 8.69. The Morgan fingerprint density at radius 2 is 1.18 bits per heavy atom. The van der Waals surface area contributed by atoms with Gasteiger partial charge < -0.3 is 14.5 Å². The van der Waals surface area contributed by atoms with Gasteiger partial charge in [-0.2, -0.15) is 0 Å². The summed E-state index contributed by atoms with van der Waals surface area (Å²) in [5.74, 6) is 0. The predicted octanol–water partition coefficient (Wildman–Crippen LogP) is 1.07. The maximum atomic E-state index is 5.01. The Bertz CT molecular complexity index is 123. The highest BCUT2D eigenvalue weighted by Crippen LogP contribution is 1.83. The zero-order valence-corrected chi connectivity index (χ0v) is 7.61. The second kappa shape index (κ2) is 5.65. The molecule has 64 valence electrons. The molecule has 0 aliphatic heterocycles. The van der Waals surface area contributed by atoms with E-state index in [1.165, 1.54) is 0 Å².